The quantitative estimate of drug-likeness (QED) is 0.849. The Morgan fingerprint density at radius 2 is 2.11 bits per heavy atom. The number of hydrogen-bond acceptors (Lipinski definition) is 2. The van der Waals surface area contributed by atoms with Gasteiger partial charge in [0.15, 0.2) is 0 Å². The summed E-state index contributed by atoms with van der Waals surface area (Å²) in [6, 6.07) is 8.96. The van der Waals surface area contributed by atoms with Gasteiger partial charge in [0, 0.05) is 29.1 Å². The number of halogens is 1. The average molecular weight is 326 g/mol. The van der Waals surface area contributed by atoms with Crippen LogP contribution >= 0.6 is 15.9 Å². The molecule has 19 heavy (non-hydrogen) atoms. The molecule has 1 aliphatic carbocycles. The van der Waals surface area contributed by atoms with E-state index < -0.39 is 0 Å². The number of hydrogen-bond donors (Lipinski definition) is 1. The van der Waals surface area contributed by atoms with Crippen LogP contribution < -0.4 is 5.32 Å². The summed E-state index contributed by atoms with van der Waals surface area (Å²) in [6.07, 6.45) is 2.70. The van der Waals surface area contributed by atoms with Gasteiger partial charge in [-0.15, -0.1) is 0 Å². The largest absolute Gasteiger partial charge is 0.378 e. The van der Waals surface area contributed by atoms with Gasteiger partial charge in [-0.25, -0.2) is 0 Å². The highest BCUT2D eigenvalue weighted by Gasteiger charge is 2.50. The zero-order chi connectivity index (χ0) is 13.9. The van der Waals surface area contributed by atoms with Crippen molar-refractivity contribution >= 4 is 15.9 Å². The molecule has 0 spiro atoms. The fourth-order valence-corrected chi connectivity index (χ4v) is 3.37. The maximum absolute atomic E-state index is 5.84. The molecule has 1 fully saturated rings. The van der Waals surface area contributed by atoms with E-state index in [1.54, 1.807) is 0 Å². The smallest absolute Gasteiger partial charge is 0.0658 e. The molecule has 0 aliphatic heterocycles. The molecular weight excluding hydrogens is 302 g/mol. The SMILES string of the molecule is CCOC1CC(NCc2ccccc2Br)C1(C)CC. The van der Waals surface area contributed by atoms with Gasteiger partial charge in [0.2, 0.25) is 0 Å². The van der Waals surface area contributed by atoms with Gasteiger partial charge in [-0.05, 0) is 31.4 Å². The van der Waals surface area contributed by atoms with E-state index in [0.29, 0.717) is 12.1 Å². The van der Waals surface area contributed by atoms with Gasteiger partial charge in [-0.2, -0.15) is 0 Å². The molecule has 0 aromatic heterocycles. The topological polar surface area (TPSA) is 21.3 Å². The fourth-order valence-electron chi connectivity index (χ4n) is 2.94. The first-order valence-electron chi connectivity index (χ1n) is 7.20. The second kappa shape index (κ2) is 6.38. The van der Waals surface area contributed by atoms with E-state index in [9.17, 15) is 0 Å². The first-order chi connectivity index (χ1) is 9.11. The van der Waals surface area contributed by atoms with Crippen LogP contribution in [-0.2, 0) is 11.3 Å². The Kier molecular flexibility index (Phi) is 5.04. The normalized spacial score (nSPS) is 30.1. The third kappa shape index (κ3) is 3.04. The lowest BCUT2D eigenvalue weighted by molar-refractivity contribution is -0.126. The molecule has 2 rings (SSSR count). The molecule has 1 N–H and O–H groups in total. The molecule has 1 saturated carbocycles. The van der Waals surface area contributed by atoms with Crippen LogP contribution in [0.5, 0.6) is 0 Å². The van der Waals surface area contributed by atoms with Gasteiger partial charge in [0.05, 0.1) is 6.10 Å². The maximum Gasteiger partial charge on any atom is 0.0658 e. The third-order valence-corrected chi connectivity index (χ3v) is 5.38. The van der Waals surface area contributed by atoms with Gasteiger partial charge in [0.1, 0.15) is 0 Å². The molecule has 1 aromatic carbocycles. The van der Waals surface area contributed by atoms with Crippen molar-refractivity contribution in [1.29, 1.82) is 0 Å². The molecule has 3 unspecified atom stereocenters. The Balaban J connectivity index is 1.92. The minimum absolute atomic E-state index is 0.275. The Labute approximate surface area is 125 Å². The maximum atomic E-state index is 5.84. The predicted octanol–water partition coefficient (Wildman–Crippen LogP) is 4.13. The molecule has 1 aromatic rings. The minimum Gasteiger partial charge on any atom is -0.378 e. The van der Waals surface area contributed by atoms with Crippen molar-refractivity contribution in [3.63, 3.8) is 0 Å². The summed E-state index contributed by atoms with van der Waals surface area (Å²) in [5.74, 6) is 0. The lowest BCUT2D eigenvalue weighted by atomic mass is 9.61. The standard InChI is InChI=1S/C16H24BrNO/c1-4-16(3)14(10-15(16)19-5-2)18-11-12-8-6-7-9-13(12)17/h6-9,14-15,18H,4-5,10-11H2,1-3H3. The highest BCUT2D eigenvalue weighted by molar-refractivity contribution is 9.10. The lowest BCUT2D eigenvalue weighted by Gasteiger charge is -2.53. The molecule has 0 bridgehead atoms. The second-order valence-corrected chi connectivity index (χ2v) is 6.42. The van der Waals surface area contributed by atoms with E-state index in [4.69, 9.17) is 4.74 Å². The summed E-state index contributed by atoms with van der Waals surface area (Å²) < 4.78 is 7.02. The molecule has 0 amide bonds. The van der Waals surface area contributed by atoms with Crippen molar-refractivity contribution in [2.75, 3.05) is 6.61 Å². The first-order valence-corrected chi connectivity index (χ1v) is 7.99. The number of rotatable bonds is 6. The van der Waals surface area contributed by atoms with Gasteiger partial charge in [-0.3, -0.25) is 0 Å². The Morgan fingerprint density at radius 1 is 1.37 bits per heavy atom. The number of ether oxygens (including phenoxy) is 1. The lowest BCUT2D eigenvalue weighted by Crippen LogP contribution is -2.61. The molecule has 3 atom stereocenters. The fraction of sp³-hybridized carbons (Fsp3) is 0.625. The van der Waals surface area contributed by atoms with Crippen molar-refractivity contribution in [2.45, 2.75) is 52.3 Å². The van der Waals surface area contributed by atoms with Crippen LogP contribution in [0.4, 0.5) is 0 Å². The van der Waals surface area contributed by atoms with E-state index in [2.05, 4.69) is 66.3 Å². The predicted molar refractivity (Wildman–Crippen MR) is 83.2 cm³/mol. The average Bonchev–Trinajstić information content (AvgIpc) is 2.42. The van der Waals surface area contributed by atoms with Crippen molar-refractivity contribution < 1.29 is 4.74 Å². The molecule has 0 saturated heterocycles. The summed E-state index contributed by atoms with van der Waals surface area (Å²) in [4.78, 5) is 0. The molecule has 106 valence electrons. The Bertz CT molecular complexity index is 423. The van der Waals surface area contributed by atoms with Gasteiger partial charge >= 0.3 is 0 Å². The molecule has 2 nitrogen and oxygen atoms in total. The number of nitrogens with one attached hydrogen (secondary N) is 1. The summed E-state index contributed by atoms with van der Waals surface area (Å²) in [5, 5.41) is 3.70. The van der Waals surface area contributed by atoms with E-state index in [1.807, 2.05) is 0 Å². The van der Waals surface area contributed by atoms with E-state index >= 15 is 0 Å². The molecule has 1 aliphatic rings. The van der Waals surface area contributed by atoms with Gasteiger partial charge in [0.25, 0.3) is 0 Å². The van der Waals surface area contributed by atoms with Crippen LogP contribution in [-0.4, -0.2) is 18.8 Å². The highest BCUT2D eigenvalue weighted by Crippen LogP contribution is 2.46. The van der Waals surface area contributed by atoms with Crippen molar-refractivity contribution in [3.8, 4) is 0 Å². The van der Waals surface area contributed by atoms with Crippen LogP contribution in [0.15, 0.2) is 28.7 Å². The molecule has 0 radical (unpaired) electrons. The highest BCUT2D eigenvalue weighted by atomic mass is 79.9. The number of benzene rings is 1. The summed E-state index contributed by atoms with van der Waals surface area (Å²) in [5.41, 5.74) is 1.60. The third-order valence-electron chi connectivity index (χ3n) is 4.61. The first kappa shape index (κ1) is 15.0. The minimum atomic E-state index is 0.275. The van der Waals surface area contributed by atoms with Crippen molar-refractivity contribution in [3.05, 3.63) is 34.3 Å². The van der Waals surface area contributed by atoms with Gasteiger partial charge < -0.3 is 10.1 Å². The van der Waals surface area contributed by atoms with E-state index in [1.165, 1.54) is 10.0 Å². The Hall–Kier alpha value is -0.380. The van der Waals surface area contributed by atoms with Crippen LogP contribution in [0.2, 0.25) is 0 Å². The molecule has 0 heterocycles. The summed E-state index contributed by atoms with van der Waals surface area (Å²) >= 11 is 3.60. The monoisotopic (exact) mass is 325 g/mol. The van der Waals surface area contributed by atoms with E-state index in [-0.39, 0.29) is 5.41 Å². The van der Waals surface area contributed by atoms with Gasteiger partial charge in [-0.1, -0.05) is 48.0 Å². The summed E-state index contributed by atoms with van der Waals surface area (Å²) in [7, 11) is 0. The van der Waals surface area contributed by atoms with Crippen LogP contribution in [0.25, 0.3) is 0 Å². The Morgan fingerprint density at radius 3 is 2.74 bits per heavy atom. The summed E-state index contributed by atoms with van der Waals surface area (Å²) in [6.45, 7) is 8.42. The van der Waals surface area contributed by atoms with E-state index in [0.717, 1.165) is 26.0 Å². The van der Waals surface area contributed by atoms with Crippen molar-refractivity contribution in [2.24, 2.45) is 5.41 Å². The van der Waals surface area contributed by atoms with Crippen LogP contribution in [0, 0.1) is 5.41 Å². The molecular formula is C16H24BrNO. The second-order valence-electron chi connectivity index (χ2n) is 5.56. The van der Waals surface area contributed by atoms with Crippen LogP contribution in [0.1, 0.15) is 39.2 Å². The zero-order valence-electron chi connectivity index (χ0n) is 12.1. The molecule has 3 heteroatoms. The van der Waals surface area contributed by atoms with Crippen LogP contribution in [0.3, 0.4) is 0 Å². The zero-order valence-corrected chi connectivity index (χ0v) is 13.7. The van der Waals surface area contributed by atoms with Crippen molar-refractivity contribution in [1.82, 2.24) is 5.32 Å².